The maximum absolute atomic E-state index is 13.6. The number of benzene rings is 1. The van der Waals surface area contributed by atoms with Crippen LogP contribution in [0.25, 0.3) is 0 Å². The minimum absolute atomic E-state index is 0.0429. The van der Waals surface area contributed by atoms with Crippen LogP contribution < -0.4 is 20.4 Å². The van der Waals surface area contributed by atoms with E-state index >= 15 is 0 Å². The zero-order valence-corrected chi connectivity index (χ0v) is 23.8. The van der Waals surface area contributed by atoms with Crippen molar-refractivity contribution >= 4 is 34.9 Å². The van der Waals surface area contributed by atoms with E-state index in [9.17, 15) is 4.39 Å². The Balaban J connectivity index is 1.34. The van der Waals surface area contributed by atoms with Gasteiger partial charge in [0, 0.05) is 43.7 Å². The van der Waals surface area contributed by atoms with Crippen LogP contribution in [-0.2, 0) is 5.41 Å². The predicted octanol–water partition coefficient (Wildman–Crippen LogP) is 6.42. The summed E-state index contributed by atoms with van der Waals surface area (Å²) in [7, 11) is 0. The van der Waals surface area contributed by atoms with Crippen LogP contribution in [0.4, 0.5) is 22.0 Å². The molecule has 2 atom stereocenters. The lowest BCUT2D eigenvalue weighted by Gasteiger charge is -2.38. The van der Waals surface area contributed by atoms with E-state index in [2.05, 4.69) is 40.3 Å². The zero-order valence-electron chi connectivity index (χ0n) is 23.0. The highest BCUT2D eigenvalue weighted by molar-refractivity contribution is 7.80. The number of hydrogen-bond donors (Lipinski definition) is 2. The van der Waals surface area contributed by atoms with E-state index in [0.717, 1.165) is 44.1 Å². The van der Waals surface area contributed by atoms with E-state index in [0.29, 0.717) is 29.6 Å². The van der Waals surface area contributed by atoms with Crippen LogP contribution >= 0.6 is 12.2 Å². The number of thiocarbonyl (C=S) groups is 1. The molecular formula is C30H43FN6S. The van der Waals surface area contributed by atoms with Gasteiger partial charge in [0.25, 0.3) is 0 Å². The van der Waals surface area contributed by atoms with Gasteiger partial charge in [0.05, 0.1) is 0 Å². The Morgan fingerprint density at radius 1 is 0.974 bits per heavy atom. The Bertz CT molecular complexity index is 1090. The highest BCUT2D eigenvalue weighted by atomic mass is 32.1. The Kier molecular flexibility index (Phi) is 8.66. The average Bonchev–Trinajstić information content (AvgIpc) is 2.93. The quantitative estimate of drug-likeness (QED) is 0.412. The van der Waals surface area contributed by atoms with Gasteiger partial charge in [-0.3, -0.25) is 0 Å². The number of halogens is 1. The van der Waals surface area contributed by atoms with E-state index in [1.807, 2.05) is 12.1 Å². The summed E-state index contributed by atoms with van der Waals surface area (Å²) in [4.78, 5) is 14.7. The molecule has 1 aromatic carbocycles. The Labute approximate surface area is 232 Å². The fraction of sp³-hybridized carbons (Fsp3) is 0.633. The van der Waals surface area contributed by atoms with Crippen LogP contribution in [-0.4, -0.2) is 47.3 Å². The summed E-state index contributed by atoms with van der Waals surface area (Å²) >= 11 is 5.78. The zero-order chi connectivity index (χ0) is 26.5. The van der Waals surface area contributed by atoms with Crippen molar-refractivity contribution in [2.45, 2.75) is 89.5 Å². The third-order valence-corrected chi connectivity index (χ3v) is 9.10. The molecule has 0 spiro atoms. The summed E-state index contributed by atoms with van der Waals surface area (Å²) in [6.45, 7) is 8.40. The smallest absolute Gasteiger partial charge is 0.232 e. The molecule has 1 saturated carbocycles. The highest BCUT2D eigenvalue weighted by Crippen LogP contribution is 2.39. The lowest BCUT2D eigenvalue weighted by Crippen LogP contribution is -2.44. The monoisotopic (exact) mass is 538 g/mol. The average molecular weight is 539 g/mol. The van der Waals surface area contributed by atoms with Crippen LogP contribution in [0.5, 0.6) is 0 Å². The van der Waals surface area contributed by atoms with E-state index in [1.54, 1.807) is 12.1 Å². The Morgan fingerprint density at radius 2 is 1.74 bits per heavy atom. The van der Waals surface area contributed by atoms with Crippen molar-refractivity contribution in [2.24, 2.45) is 5.92 Å². The molecule has 1 aromatic heterocycles. The van der Waals surface area contributed by atoms with Crippen molar-refractivity contribution < 1.29 is 4.39 Å². The molecule has 5 rings (SSSR count). The number of nitrogens with zero attached hydrogens (tertiary/aromatic N) is 4. The van der Waals surface area contributed by atoms with Crippen LogP contribution in [0, 0.1) is 11.7 Å². The second kappa shape index (κ2) is 12.1. The second-order valence-corrected chi connectivity index (χ2v) is 12.2. The van der Waals surface area contributed by atoms with Crippen molar-refractivity contribution in [2.75, 3.05) is 41.3 Å². The largest absolute Gasteiger partial charge is 0.361 e. The van der Waals surface area contributed by atoms with Gasteiger partial charge in [-0.1, -0.05) is 38.3 Å². The maximum Gasteiger partial charge on any atom is 0.232 e. The van der Waals surface area contributed by atoms with Gasteiger partial charge in [-0.15, -0.1) is 0 Å². The normalized spacial score (nSPS) is 23.7. The molecule has 2 N–H and O–H groups in total. The summed E-state index contributed by atoms with van der Waals surface area (Å²) in [5, 5.41) is 7.36. The number of hydrogen-bond acceptors (Lipinski definition) is 5. The number of anilines is 3. The van der Waals surface area contributed by atoms with E-state index < -0.39 is 0 Å². The molecule has 0 amide bonds. The van der Waals surface area contributed by atoms with E-state index in [4.69, 9.17) is 22.2 Å². The lowest BCUT2D eigenvalue weighted by molar-refractivity contribution is 0.292. The van der Waals surface area contributed by atoms with E-state index in [-0.39, 0.29) is 11.2 Å². The first kappa shape index (κ1) is 27.1. The standard InChI is InChI=1S/C30H43FN6S/c1-22-9-8-17-36(20-22)26-19-27(37-18-7-4-10-23(37)2)34-28(33-26)35-29(38)32-21-30(15-5-3-6-16-30)24-11-13-25(31)14-12-24/h11-14,19,22-23H,3-10,15-18,20-21H2,1-2H3,(H2,32,33,34,35,38)/t22-,23-/m1/s1. The summed E-state index contributed by atoms with van der Waals surface area (Å²) in [6, 6.07) is 9.67. The molecule has 6 nitrogen and oxygen atoms in total. The first-order valence-electron chi connectivity index (χ1n) is 14.6. The van der Waals surface area contributed by atoms with Crippen LogP contribution in [0.1, 0.15) is 83.6 Å². The van der Waals surface area contributed by atoms with Gasteiger partial charge >= 0.3 is 0 Å². The van der Waals surface area contributed by atoms with Crippen LogP contribution in [0.15, 0.2) is 30.3 Å². The number of piperidine rings is 2. The maximum atomic E-state index is 13.6. The molecule has 2 aromatic rings. The number of nitrogens with one attached hydrogen (secondary N) is 2. The molecule has 38 heavy (non-hydrogen) atoms. The Hall–Kier alpha value is -2.48. The topological polar surface area (TPSA) is 56.3 Å². The van der Waals surface area contributed by atoms with Gasteiger partial charge < -0.3 is 20.4 Å². The first-order chi connectivity index (χ1) is 18.4. The molecule has 0 unspecified atom stereocenters. The van der Waals surface area contributed by atoms with Crippen molar-refractivity contribution in [3.63, 3.8) is 0 Å². The number of aromatic nitrogens is 2. The molecule has 2 saturated heterocycles. The third-order valence-electron chi connectivity index (χ3n) is 8.86. The molecule has 1 aliphatic carbocycles. The van der Waals surface area contributed by atoms with Gasteiger partial charge in [0.1, 0.15) is 17.5 Å². The Morgan fingerprint density at radius 3 is 2.47 bits per heavy atom. The van der Waals surface area contributed by atoms with Gasteiger partial charge in [-0.2, -0.15) is 9.97 Å². The van der Waals surface area contributed by atoms with Gasteiger partial charge in [0.15, 0.2) is 5.11 Å². The molecule has 3 aliphatic rings. The predicted molar refractivity (Wildman–Crippen MR) is 159 cm³/mol. The highest BCUT2D eigenvalue weighted by Gasteiger charge is 2.34. The van der Waals surface area contributed by atoms with Crippen LogP contribution in [0.3, 0.4) is 0 Å². The van der Waals surface area contributed by atoms with Gasteiger partial charge in [-0.25, -0.2) is 4.39 Å². The summed E-state index contributed by atoms with van der Waals surface area (Å²) in [6.07, 6.45) is 11.9. The first-order valence-corrected chi connectivity index (χ1v) is 15.0. The molecule has 8 heteroatoms. The number of rotatable bonds is 6. The summed E-state index contributed by atoms with van der Waals surface area (Å²) in [5.41, 5.74) is 1.14. The molecule has 0 radical (unpaired) electrons. The summed E-state index contributed by atoms with van der Waals surface area (Å²) in [5.74, 6) is 3.00. The molecule has 0 bridgehead atoms. The van der Waals surface area contributed by atoms with Crippen LogP contribution in [0.2, 0.25) is 0 Å². The minimum Gasteiger partial charge on any atom is -0.361 e. The molecule has 3 heterocycles. The fourth-order valence-corrected chi connectivity index (χ4v) is 6.78. The third kappa shape index (κ3) is 6.38. The molecule has 2 aliphatic heterocycles. The SMILES string of the molecule is C[C@@H]1CCCN(c2cc(N3CCCC[C@H]3C)nc(NC(=S)NCC3(c4ccc(F)cc4)CCCCC3)n2)C1. The van der Waals surface area contributed by atoms with Gasteiger partial charge in [0.2, 0.25) is 5.95 Å². The van der Waals surface area contributed by atoms with Gasteiger partial charge in [-0.05, 0) is 87.7 Å². The minimum atomic E-state index is -0.191. The van der Waals surface area contributed by atoms with Crippen molar-refractivity contribution in [1.82, 2.24) is 15.3 Å². The lowest BCUT2D eigenvalue weighted by atomic mass is 9.69. The molecule has 206 valence electrons. The molecular weight excluding hydrogens is 495 g/mol. The second-order valence-electron chi connectivity index (χ2n) is 11.8. The van der Waals surface area contributed by atoms with Crippen molar-refractivity contribution in [1.29, 1.82) is 0 Å². The summed E-state index contributed by atoms with van der Waals surface area (Å²) < 4.78 is 13.6. The van der Waals surface area contributed by atoms with Crippen molar-refractivity contribution in [3.8, 4) is 0 Å². The fourth-order valence-electron chi connectivity index (χ4n) is 6.62. The van der Waals surface area contributed by atoms with E-state index in [1.165, 1.54) is 56.9 Å². The van der Waals surface area contributed by atoms with Crippen molar-refractivity contribution in [3.05, 3.63) is 41.7 Å². The molecule has 3 fully saturated rings.